The summed E-state index contributed by atoms with van der Waals surface area (Å²) in [7, 11) is -2.92. The third-order valence-electron chi connectivity index (χ3n) is 4.54. The summed E-state index contributed by atoms with van der Waals surface area (Å²) in [6.45, 7) is 3.30. The molecule has 0 aromatic rings. The molecule has 0 aromatic heterocycles. The number of hydrogen-bond donors (Lipinski definition) is 0. The third-order valence-corrected chi connectivity index (χ3v) is 6.54. The summed E-state index contributed by atoms with van der Waals surface area (Å²) in [5.41, 5.74) is 0. The molecule has 0 N–H and O–H groups in total. The molecular weight excluding hydrogens is 288 g/mol. The summed E-state index contributed by atoms with van der Waals surface area (Å²) in [6.07, 6.45) is 0.0947. The van der Waals surface area contributed by atoms with Crippen LogP contribution in [-0.4, -0.2) is 44.4 Å². The fraction of sp³-hybridized carbons (Fsp3) is 0.667. The Kier molecular flexibility index (Phi) is 2.74. The Morgan fingerprint density at radius 3 is 2.75 bits per heavy atom. The van der Waals surface area contributed by atoms with Crippen molar-refractivity contribution in [3.63, 3.8) is 0 Å². The van der Waals surface area contributed by atoms with Crippen LogP contribution in [0.1, 0.15) is 12.8 Å². The molecule has 1 saturated heterocycles. The third kappa shape index (κ3) is 1.40. The molecule has 5 atom stereocenters. The standard InChI is InChI=1S/C12H14O7S/c1-3-8(13)18-9-6-4-7-10(9)19-20(15,16)12(7,5-6)11(14)17-2/h3,6-7,9-10H,1,4-5H2,2H3. The molecule has 1 heterocycles. The van der Waals surface area contributed by atoms with Gasteiger partial charge >= 0.3 is 11.9 Å². The van der Waals surface area contributed by atoms with Crippen LogP contribution in [0.3, 0.4) is 0 Å². The molecule has 2 aliphatic carbocycles. The summed E-state index contributed by atoms with van der Waals surface area (Å²) in [6, 6.07) is 0. The highest BCUT2D eigenvalue weighted by Crippen LogP contribution is 2.62. The largest absolute Gasteiger partial charge is 0.468 e. The van der Waals surface area contributed by atoms with Crippen molar-refractivity contribution in [1.82, 2.24) is 0 Å². The number of fused-ring (bicyclic) bond motifs is 1. The smallest absolute Gasteiger partial charge is 0.330 e. The highest BCUT2D eigenvalue weighted by atomic mass is 32.2. The maximum Gasteiger partial charge on any atom is 0.330 e. The lowest BCUT2D eigenvalue weighted by Crippen LogP contribution is -2.50. The van der Waals surface area contributed by atoms with Crippen molar-refractivity contribution in [3.8, 4) is 0 Å². The van der Waals surface area contributed by atoms with Crippen molar-refractivity contribution in [2.75, 3.05) is 7.11 Å². The van der Waals surface area contributed by atoms with Crippen molar-refractivity contribution in [2.24, 2.45) is 11.8 Å². The van der Waals surface area contributed by atoms with E-state index in [-0.39, 0.29) is 12.3 Å². The second-order valence-electron chi connectivity index (χ2n) is 5.31. The summed E-state index contributed by atoms with van der Waals surface area (Å²) < 4.78 is 37.7. The lowest BCUT2D eigenvalue weighted by atomic mass is 9.84. The first-order valence-corrected chi connectivity index (χ1v) is 7.62. The first kappa shape index (κ1) is 13.6. The minimum Gasteiger partial charge on any atom is -0.468 e. The minimum atomic E-state index is -4.07. The highest BCUT2D eigenvalue weighted by molar-refractivity contribution is 7.89. The Morgan fingerprint density at radius 2 is 2.15 bits per heavy atom. The molecule has 3 fully saturated rings. The Hall–Kier alpha value is -1.41. The SMILES string of the molecule is C=CC(=O)OC1C2CC3C1OS(=O)(=O)C3(C(=O)OC)C2. The molecule has 2 bridgehead atoms. The van der Waals surface area contributed by atoms with Crippen LogP contribution in [-0.2, 0) is 33.4 Å². The van der Waals surface area contributed by atoms with Gasteiger partial charge in [-0.15, -0.1) is 0 Å². The van der Waals surface area contributed by atoms with Gasteiger partial charge in [-0.1, -0.05) is 6.58 Å². The number of carbonyl (C=O) groups excluding carboxylic acids is 2. The van der Waals surface area contributed by atoms with E-state index in [2.05, 4.69) is 11.3 Å². The molecule has 0 amide bonds. The quantitative estimate of drug-likeness (QED) is 0.403. The molecule has 1 aliphatic heterocycles. The zero-order valence-corrected chi connectivity index (χ0v) is 11.6. The number of methoxy groups -OCH3 is 1. The summed E-state index contributed by atoms with van der Waals surface area (Å²) in [4.78, 5) is 23.3. The Morgan fingerprint density at radius 1 is 1.45 bits per heavy atom. The van der Waals surface area contributed by atoms with Crippen LogP contribution in [0.5, 0.6) is 0 Å². The van der Waals surface area contributed by atoms with Crippen LogP contribution in [0.2, 0.25) is 0 Å². The lowest BCUT2D eigenvalue weighted by Gasteiger charge is -2.29. The molecule has 5 unspecified atom stereocenters. The fourth-order valence-corrected chi connectivity index (χ4v) is 5.80. The normalized spacial score (nSPS) is 43.2. The maximum absolute atomic E-state index is 12.2. The Balaban J connectivity index is 1.98. The van der Waals surface area contributed by atoms with Crippen molar-refractivity contribution >= 4 is 22.1 Å². The van der Waals surface area contributed by atoms with Crippen molar-refractivity contribution in [3.05, 3.63) is 12.7 Å². The fourth-order valence-electron chi connectivity index (χ4n) is 3.78. The molecule has 110 valence electrons. The van der Waals surface area contributed by atoms with E-state index in [0.29, 0.717) is 6.42 Å². The van der Waals surface area contributed by atoms with Crippen LogP contribution in [0.25, 0.3) is 0 Å². The van der Waals surface area contributed by atoms with E-state index in [1.165, 1.54) is 0 Å². The van der Waals surface area contributed by atoms with E-state index in [0.717, 1.165) is 13.2 Å². The maximum atomic E-state index is 12.2. The number of esters is 2. The number of hydrogen-bond acceptors (Lipinski definition) is 7. The molecule has 20 heavy (non-hydrogen) atoms. The van der Waals surface area contributed by atoms with Gasteiger partial charge < -0.3 is 9.47 Å². The molecule has 0 aromatic carbocycles. The van der Waals surface area contributed by atoms with Crippen molar-refractivity contribution in [2.45, 2.75) is 29.8 Å². The lowest BCUT2D eigenvalue weighted by molar-refractivity contribution is -0.152. The molecular formula is C12H14O7S. The van der Waals surface area contributed by atoms with Gasteiger partial charge in [-0.25, -0.2) is 4.79 Å². The molecule has 3 rings (SSSR count). The van der Waals surface area contributed by atoms with Crippen LogP contribution >= 0.6 is 0 Å². The van der Waals surface area contributed by atoms with Gasteiger partial charge in [0.05, 0.1) is 7.11 Å². The number of rotatable bonds is 3. The first-order valence-electron chi connectivity index (χ1n) is 6.21. The Labute approximate surface area is 116 Å². The van der Waals surface area contributed by atoms with Gasteiger partial charge in [0.15, 0.2) is 4.75 Å². The molecule has 3 aliphatic rings. The predicted octanol–water partition coefficient (Wildman–Crippen LogP) is -0.236. The van der Waals surface area contributed by atoms with Gasteiger partial charge in [-0.05, 0) is 12.8 Å². The monoisotopic (exact) mass is 302 g/mol. The predicted molar refractivity (Wildman–Crippen MR) is 64.8 cm³/mol. The number of ether oxygens (including phenoxy) is 2. The van der Waals surface area contributed by atoms with E-state index >= 15 is 0 Å². The van der Waals surface area contributed by atoms with Gasteiger partial charge in [0.25, 0.3) is 10.1 Å². The van der Waals surface area contributed by atoms with E-state index in [9.17, 15) is 18.0 Å². The van der Waals surface area contributed by atoms with Crippen LogP contribution < -0.4 is 0 Å². The van der Waals surface area contributed by atoms with Crippen molar-refractivity contribution in [1.29, 1.82) is 0 Å². The molecule has 0 radical (unpaired) electrons. The average Bonchev–Trinajstić information content (AvgIpc) is 2.99. The van der Waals surface area contributed by atoms with E-state index in [1.807, 2.05) is 0 Å². The molecule has 8 heteroatoms. The van der Waals surface area contributed by atoms with Crippen LogP contribution in [0, 0.1) is 11.8 Å². The van der Waals surface area contributed by atoms with Crippen LogP contribution in [0.15, 0.2) is 12.7 Å². The second-order valence-corrected chi connectivity index (χ2v) is 7.14. The molecule has 0 spiro atoms. The van der Waals surface area contributed by atoms with Crippen molar-refractivity contribution < 1.29 is 31.7 Å². The zero-order chi connectivity index (χ0) is 14.7. The van der Waals surface area contributed by atoms with E-state index in [4.69, 9.17) is 8.92 Å². The van der Waals surface area contributed by atoms with Gasteiger partial charge in [0.1, 0.15) is 12.2 Å². The van der Waals surface area contributed by atoms with E-state index < -0.39 is 44.9 Å². The minimum absolute atomic E-state index is 0.0677. The average molecular weight is 302 g/mol. The topological polar surface area (TPSA) is 96.0 Å². The number of carbonyl (C=O) groups is 2. The molecule has 7 nitrogen and oxygen atoms in total. The highest BCUT2D eigenvalue weighted by Gasteiger charge is 2.77. The summed E-state index contributed by atoms with van der Waals surface area (Å²) in [5.74, 6) is -2.15. The zero-order valence-electron chi connectivity index (χ0n) is 10.8. The summed E-state index contributed by atoms with van der Waals surface area (Å²) >= 11 is 0. The second kappa shape index (κ2) is 4.05. The first-order chi connectivity index (χ1) is 9.37. The van der Waals surface area contributed by atoms with E-state index in [1.54, 1.807) is 0 Å². The van der Waals surface area contributed by atoms with Crippen LogP contribution in [0.4, 0.5) is 0 Å². The Bertz CT molecular complexity index is 595. The molecule has 2 saturated carbocycles. The summed E-state index contributed by atoms with van der Waals surface area (Å²) in [5, 5.41) is 0. The van der Waals surface area contributed by atoms with Gasteiger partial charge in [0.2, 0.25) is 0 Å². The van der Waals surface area contributed by atoms with Gasteiger partial charge in [-0.3, -0.25) is 8.98 Å². The van der Waals surface area contributed by atoms with Gasteiger partial charge in [0, 0.05) is 17.9 Å². The van der Waals surface area contributed by atoms with Gasteiger partial charge in [-0.2, -0.15) is 8.42 Å².